The fraction of sp³-hybridized carbons (Fsp3) is 0.0909. The Balaban J connectivity index is 2.38. The van der Waals surface area contributed by atoms with Gasteiger partial charge in [-0.15, -0.1) is 0 Å². The lowest BCUT2D eigenvalue weighted by Gasteiger charge is -2.09. The number of anilines is 2. The Morgan fingerprint density at radius 2 is 2.25 bits per heavy atom. The van der Waals surface area contributed by atoms with E-state index in [0.717, 1.165) is 16.9 Å². The Morgan fingerprint density at radius 1 is 1.44 bits per heavy atom. The van der Waals surface area contributed by atoms with Crippen molar-refractivity contribution in [2.75, 3.05) is 5.32 Å². The summed E-state index contributed by atoms with van der Waals surface area (Å²) in [5.41, 5.74) is 8.35. The van der Waals surface area contributed by atoms with E-state index in [4.69, 9.17) is 18.0 Å². The van der Waals surface area contributed by atoms with Gasteiger partial charge in [-0.3, -0.25) is 0 Å². The molecule has 0 aliphatic heterocycles. The molecule has 0 aromatic carbocycles. The summed E-state index contributed by atoms with van der Waals surface area (Å²) in [6.45, 7) is 1.93. The first-order valence-electron chi connectivity index (χ1n) is 4.73. The normalized spacial score (nSPS) is 10.1. The first-order chi connectivity index (χ1) is 7.66. The number of aromatic nitrogens is 1. The Bertz CT molecular complexity index is 506. The number of thiocarbonyl (C=S) groups is 1. The van der Waals surface area contributed by atoms with E-state index in [9.17, 15) is 0 Å². The van der Waals surface area contributed by atoms with Gasteiger partial charge in [-0.05, 0) is 30.5 Å². The third-order valence-corrected chi connectivity index (χ3v) is 2.99. The smallest absolute Gasteiger partial charge is 0.140 e. The number of hydrogen-bond donors (Lipinski definition) is 2. The van der Waals surface area contributed by atoms with E-state index >= 15 is 0 Å². The van der Waals surface area contributed by atoms with Gasteiger partial charge < -0.3 is 11.1 Å². The summed E-state index contributed by atoms with van der Waals surface area (Å²) in [5, 5.41) is 7.21. The van der Waals surface area contributed by atoms with Crippen LogP contribution in [0.15, 0.2) is 29.0 Å². The summed E-state index contributed by atoms with van der Waals surface area (Å²) in [6, 6.07) is 5.77. The molecular weight excluding hydrogens is 238 g/mol. The molecule has 0 atom stereocenters. The van der Waals surface area contributed by atoms with Crippen LogP contribution in [0.1, 0.15) is 11.3 Å². The van der Waals surface area contributed by atoms with Gasteiger partial charge in [-0.2, -0.15) is 11.3 Å². The minimum atomic E-state index is 0.352. The van der Waals surface area contributed by atoms with E-state index in [1.54, 1.807) is 11.3 Å². The maximum Gasteiger partial charge on any atom is 0.140 e. The highest BCUT2D eigenvalue weighted by Crippen LogP contribution is 2.21. The summed E-state index contributed by atoms with van der Waals surface area (Å²) in [7, 11) is 0. The van der Waals surface area contributed by atoms with E-state index < -0.39 is 0 Å². The fourth-order valence-corrected chi connectivity index (χ4v) is 2.08. The van der Waals surface area contributed by atoms with Crippen LogP contribution in [0.3, 0.4) is 0 Å². The number of nitrogens with zero attached hydrogens (tertiary/aromatic N) is 1. The van der Waals surface area contributed by atoms with Gasteiger partial charge in [0.2, 0.25) is 0 Å². The molecule has 82 valence electrons. The van der Waals surface area contributed by atoms with E-state index in [-0.39, 0.29) is 0 Å². The molecule has 0 unspecified atom stereocenters. The van der Waals surface area contributed by atoms with Crippen molar-refractivity contribution >= 4 is 40.0 Å². The minimum Gasteiger partial charge on any atom is -0.389 e. The summed E-state index contributed by atoms with van der Waals surface area (Å²) in [6.07, 6.45) is 0. The van der Waals surface area contributed by atoms with Gasteiger partial charge in [-0.1, -0.05) is 12.2 Å². The van der Waals surface area contributed by atoms with Gasteiger partial charge in [-0.25, -0.2) is 4.98 Å². The number of thiophene rings is 1. The number of hydrogen-bond acceptors (Lipinski definition) is 4. The van der Waals surface area contributed by atoms with Crippen LogP contribution in [-0.4, -0.2) is 9.97 Å². The number of aryl methyl sites for hydroxylation is 1. The summed E-state index contributed by atoms with van der Waals surface area (Å²) in [4.78, 5) is 4.75. The summed E-state index contributed by atoms with van der Waals surface area (Å²) < 4.78 is 0. The lowest BCUT2D eigenvalue weighted by molar-refractivity contribution is 1.19. The molecule has 0 spiro atoms. The minimum absolute atomic E-state index is 0.352. The van der Waals surface area contributed by atoms with Crippen LogP contribution in [0.5, 0.6) is 0 Å². The largest absolute Gasteiger partial charge is 0.389 e. The van der Waals surface area contributed by atoms with Gasteiger partial charge in [0.1, 0.15) is 10.8 Å². The van der Waals surface area contributed by atoms with Crippen molar-refractivity contribution in [2.24, 2.45) is 5.73 Å². The lowest BCUT2D eigenvalue weighted by Crippen LogP contribution is -2.13. The van der Waals surface area contributed by atoms with Crippen molar-refractivity contribution in [3.8, 4) is 0 Å². The molecule has 0 aliphatic rings. The zero-order valence-corrected chi connectivity index (χ0v) is 10.4. The van der Waals surface area contributed by atoms with Gasteiger partial charge >= 0.3 is 0 Å². The molecule has 0 bridgehead atoms. The molecule has 3 N–H and O–H groups in total. The molecule has 0 fully saturated rings. The Kier molecular flexibility index (Phi) is 3.17. The second kappa shape index (κ2) is 4.59. The van der Waals surface area contributed by atoms with Crippen molar-refractivity contribution in [3.05, 3.63) is 40.2 Å². The molecule has 3 nitrogen and oxygen atoms in total. The van der Waals surface area contributed by atoms with Crippen molar-refractivity contribution < 1.29 is 0 Å². The molecule has 0 saturated carbocycles. The molecule has 5 heteroatoms. The van der Waals surface area contributed by atoms with Crippen LogP contribution in [0.25, 0.3) is 0 Å². The highest BCUT2D eigenvalue weighted by molar-refractivity contribution is 7.80. The quantitative estimate of drug-likeness (QED) is 0.821. The Labute approximate surface area is 103 Å². The van der Waals surface area contributed by atoms with Crippen LogP contribution in [0.4, 0.5) is 11.5 Å². The predicted octanol–water partition coefficient (Wildman–Crippen LogP) is 2.83. The second-order valence-corrected chi connectivity index (χ2v) is 4.57. The molecule has 0 radical (unpaired) electrons. The summed E-state index contributed by atoms with van der Waals surface area (Å²) in [5.74, 6) is 0.714. The van der Waals surface area contributed by atoms with Crippen LogP contribution in [-0.2, 0) is 0 Å². The van der Waals surface area contributed by atoms with Crippen LogP contribution in [0.2, 0.25) is 0 Å². The lowest BCUT2D eigenvalue weighted by atomic mass is 10.2. The van der Waals surface area contributed by atoms with Crippen molar-refractivity contribution in [2.45, 2.75) is 6.92 Å². The first kappa shape index (κ1) is 11.0. The van der Waals surface area contributed by atoms with Crippen molar-refractivity contribution in [1.29, 1.82) is 0 Å². The standard InChI is InChI=1S/C11H11N3S2/c1-7-2-3-9(10(12)15)11(13-7)14-8-4-5-16-6-8/h2-6H,1H3,(H2,12,15)(H,13,14). The second-order valence-electron chi connectivity index (χ2n) is 3.35. The van der Waals surface area contributed by atoms with E-state index in [1.807, 2.05) is 35.9 Å². The van der Waals surface area contributed by atoms with E-state index in [0.29, 0.717) is 10.8 Å². The van der Waals surface area contributed by atoms with Gasteiger partial charge in [0, 0.05) is 11.1 Å². The molecule has 0 aliphatic carbocycles. The van der Waals surface area contributed by atoms with Gasteiger partial charge in [0.15, 0.2) is 0 Å². The maximum atomic E-state index is 5.65. The molecule has 2 aromatic rings. The fourth-order valence-electron chi connectivity index (χ4n) is 1.32. The molecule has 2 rings (SSSR count). The highest BCUT2D eigenvalue weighted by Gasteiger charge is 2.07. The zero-order chi connectivity index (χ0) is 11.5. The Hall–Kier alpha value is -1.46. The zero-order valence-electron chi connectivity index (χ0n) is 8.73. The van der Waals surface area contributed by atoms with E-state index in [1.165, 1.54) is 0 Å². The SMILES string of the molecule is Cc1ccc(C(N)=S)c(Nc2ccsc2)n1. The van der Waals surface area contributed by atoms with Crippen LogP contribution < -0.4 is 11.1 Å². The van der Waals surface area contributed by atoms with Crippen LogP contribution in [0, 0.1) is 6.92 Å². The maximum absolute atomic E-state index is 5.65. The highest BCUT2D eigenvalue weighted by atomic mass is 32.1. The first-order valence-corrected chi connectivity index (χ1v) is 6.08. The molecule has 16 heavy (non-hydrogen) atoms. The number of rotatable bonds is 3. The molecule has 2 heterocycles. The van der Waals surface area contributed by atoms with Crippen molar-refractivity contribution in [1.82, 2.24) is 4.98 Å². The van der Waals surface area contributed by atoms with Crippen molar-refractivity contribution in [3.63, 3.8) is 0 Å². The molecule has 2 aromatic heterocycles. The number of pyridine rings is 1. The van der Waals surface area contributed by atoms with Gasteiger partial charge in [0.05, 0.1) is 11.3 Å². The number of nitrogens with one attached hydrogen (secondary N) is 1. The average molecular weight is 249 g/mol. The van der Waals surface area contributed by atoms with Crippen LogP contribution >= 0.6 is 23.6 Å². The molecular formula is C11H11N3S2. The topological polar surface area (TPSA) is 50.9 Å². The third-order valence-electron chi connectivity index (χ3n) is 2.08. The Morgan fingerprint density at radius 3 is 2.88 bits per heavy atom. The van der Waals surface area contributed by atoms with E-state index in [2.05, 4.69) is 10.3 Å². The number of nitrogens with two attached hydrogens (primary N) is 1. The third kappa shape index (κ3) is 2.37. The summed E-state index contributed by atoms with van der Waals surface area (Å²) >= 11 is 6.61. The molecule has 0 amide bonds. The predicted molar refractivity (Wildman–Crippen MR) is 72.5 cm³/mol. The average Bonchev–Trinajstić information content (AvgIpc) is 2.70. The van der Waals surface area contributed by atoms with Gasteiger partial charge in [0.25, 0.3) is 0 Å². The monoisotopic (exact) mass is 249 g/mol. The molecule has 0 saturated heterocycles.